The van der Waals surface area contributed by atoms with Crippen LogP contribution in [-0.2, 0) is 0 Å². The van der Waals surface area contributed by atoms with Crippen LogP contribution in [0.2, 0.25) is 0 Å². The molecule has 0 fully saturated rings. The van der Waals surface area contributed by atoms with E-state index in [2.05, 4.69) is 97.1 Å². The molecule has 0 amide bonds. The van der Waals surface area contributed by atoms with Crippen LogP contribution in [0.3, 0.4) is 0 Å². The van der Waals surface area contributed by atoms with Crippen molar-refractivity contribution >= 4 is 43.1 Å². The number of aromatic hydroxyl groups is 1. The third-order valence-electron chi connectivity index (χ3n) is 6.84. The van der Waals surface area contributed by atoms with Gasteiger partial charge in [0.25, 0.3) is 0 Å². The molecule has 36 heavy (non-hydrogen) atoms. The van der Waals surface area contributed by atoms with Crippen molar-refractivity contribution in [3.63, 3.8) is 0 Å². The number of nitrogens with zero attached hydrogens (tertiary/aromatic N) is 1. The molecule has 0 unspecified atom stereocenters. The highest BCUT2D eigenvalue weighted by Crippen LogP contribution is 2.45. The normalized spacial score (nSPS) is 11.4. The molecular weight excluding hydrogens is 458 g/mol. The first kappa shape index (κ1) is 20.9. The Morgan fingerprint density at radius 1 is 0.472 bits per heavy atom. The summed E-state index contributed by atoms with van der Waals surface area (Å²) in [6, 6.07) is 41.7. The second kappa shape index (κ2) is 8.33. The summed E-state index contributed by atoms with van der Waals surface area (Å²) in [4.78, 5) is 5.15. The Labute approximate surface area is 212 Å². The summed E-state index contributed by atoms with van der Waals surface area (Å²) >= 11 is 1.64. The van der Waals surface area contributed by atoms with E-state index in [0.29, 0.717) is 0 Å². The van der Waals surface area contributed by atoms with Gasteiger partial charge in [-0.1, -0.05) is 109 Å². The SMILES string of the molecule is Oc1ccccc1-c1nc2c(-c3cccc4ccccc34)ccc(-c3cccc4ccccc34)c2s1. The summed E-state index contributed by atoms with van der Waals surface area (Å²) < 4.78 is 1.12. The van der Waals surface area contributed by atoms with E-state index in [9.17, 15) is 5.11 Å². The first-order valence-electron chi connectivity index (χ1n) is 12.0. The van der Waals surface area contributed by atoms with Gasteiger partial charge in [0.1, 0.15) is 10.8 Å². The molecule has 1 heterocycles. The predicted molar refractivity (Wildman–Crippen MR) is 153 cm³/mol. The van der Waals surface area contributed by atoms with Crippen LogP contribution in [0.15, 0.2) is 121 Å². The summed E-state index contributed by atoms with van der Waals surface area (Å²) in [5.74, 6) is 0.245. The molecule has 0 aliphatic carbocycles. The quantitative estimate of drug-likeness (QED) is 0.274. The van der Waals surface area contributed by atoms with Crippen molar-refractivity contribution < 1.29 is 5.11 Å². The van der Waals surface area contributed by atoms with Gasteiger partial charge in [0.2, 0.25) is 0 Å². The highest BCUT2D eigenvalue weighted by atomic mass is 32.1. The van der Waals surface area contributed by atoms with E-state index in [1.807, 2.05) is 18.2 Å². The zero-order valence-corrected chi connectivity index (χ0v) is 20.2. The fourth-order valence-electron chi connectivity index (χ4n) is 5.13. The maximum Gasteiger partial charge on any atom is 0.128 e. The number of aromatic nitrogens is 1. The maximum absolute atomic E-state index is 10.6. The molecule has 0 saturated heterocycles. The lowest BCUT2D eigenvalue weighted by Crippen LogP contribution is -1.87. The highest BCUT2D eigenvalue weighted by Gasteiger charge is 2.19. The average Bonchev–Trinajstić information content (AvgIpc) is 3.38. The van der Waals surface area contributed by atoms with Crippen molar-refractivity contribution in [2.24, 2.45) is 0 Å². The van der Waals surface area contributed by atoms with Crippen LogP contribution in [0.5, 0.6) is 5.75 Å². The number of thiazole rings is 1. The van der Waals surface area contributed by atoms with Crippen molar-refractivity contribution in [3.8, 4) is 38.6 Å². The zero-order chi connectivity index (χ0) is 24.1. The van der Waals surface area contributed by atoms with E-state index in [0.717, 1.165) is 37.5 Å². The molecule has 1 N–H and O–H groups in total. The van der Waals surface area contributed by atoms with Crippen molar-refractivity contribution in [2.75, 3.05) is 0 Å². The molecule has 0 radical (unpaired) electrons. The minimum atomic E-state index is 0.245. The molecule has 170 valence electrons. The van der Waals surface area contributed by atoms with E-state index < -0.39 is 0 Å². The fourth-order valence-corrected chi connectivity index (χ4v) is 6.28. The van der Waals surface area contributed by atoms with Gasteiger partial charge in [-0.3, -0.25) is 0 Å². The van der Waals surface area contributed by atoms with Crippen LogP contribution in [-0.4, -0.2) is 10.1 Å². The summed E-state index contributed by atoms with van der Waals surface area (Å²) in [5.41, 5.74) is 6.33. The molecule has 1 aromatic heterocycles. The van der Waals surface area contributed by atoms with E-state index in [1.54, 1.807) is 17.4 Å². The van der Waals surface area contributed by atoms with Gasteiger partial charge in [-0.2, -0.15) is 0 Å². The third kappa shape index (κ3) is 3.29. The maximum atomic E-state index is 10.6. The van der Waals surface area contributed by atoms with Gasteiger partial charge in [0, 0.05) is 11.1 Å². The Bertz CT molecular complexity index is 1790. The average molecular weight is 480 g/mol. The van der Waals surface area contributed by atoms with Gasteiger partial charge in [-0.05, 0) is 44.8 Å². The van der Waals surface area contributed by atoms with Crippen LogP contribution in [0.4, 0.5) is 0 Å². The summed E-state index contributed by atoms with van der Waals surface area (Å²) in [6.45, 7) is 0. The number of para-hydroxylation sites is 1. The van der Waals surface area contributed by atoms with Gasteiger partial charge >= 0.3 is 0 Å². The highest BCUT2D eigenvalue weighted by molar-refractivity contribution is 7.22. The molecule has 3 heteroatoms. The van der Waals surface area contributed by atoms with Crippen molar-refractivity contribution in [3.05, 3.63) is 121 Å². The summed E-state index contributed by atoms with van der Waals surface area (Å²) in [7, 11) is 0. The molecular formula is C33H21NOS. The Hall–Kier alpha value is -4.47. The molecule has 0 aliphatic rings. The van der Waals surface area contributed by atoms with Crippen LogP contribution in [0.25, 0.3) is 64.6 Å². The molecule has 0 atom stereocenters. The molecule has 6 aromatic carbocycles. The molecule has 0 spiro atoms. The minimum Gasteiger partial charge on any atom is -0.507 e. The Balaban J connectivity index is 1.57. The van der Waals surface area contributed by atoms with Crippen molar-refractivity contribution in [2.45, 2.75) is 0 Å². The molecule has 7 rings (SSSR count). The second-order valence-electron chi connectivity index (χ2n) is 8.93. The standard InChI is InChI=1S/C33H21NOS/c35-30-18-6-5-15-29(30)33-34-31-27(25-16-7-11-21-9-1-3-13-23(21)25)19-20-28(32(31)36-33)26-17-8-12-22-10-2-4-14-24(22)26/h1-20,35H. The smallest absolute Gasteiger partial charge is 0.128 e. The van der Waals surface area contributed by atoms with Crippen LogP contribution in [0.1, 0.15) is 0 Å². The zero-order valence-electron chi connectivity index (χ0n) is 19.3. The van der Waals surface area contributed by atoms with Crippen molar-refractivity contribution in [1.29, 1.82) is 0 Å². The number of rotatable bonds is 3. The molecule has 2 nitrogen and oxygen atoms in total. The number of phenols is 1. The van der Waals surface area contributed by atoms with E-state index in [-0.39, 0.29) is 5.75 Å². The van der Waals surface area contributed by atoms with Gasteiger partial charge in [0.15, 0.2) is 0 Å². The molecule has 0 bridgehead atoms. The van der Waals surface area contributed by atoms with Crippen LogP contribution >= 0.6 is 11.3 Å². The number of hydrogen-bond donors (Lipinski definition) is 1. The number of hydrogen-bond acceptors (Lipinski definition) is 3. The Morgan fingerprint density at radius 3 is 1.69 bits per heavy atom. The lowest BCUT2D eigenvalue weighted by atomic mass is 9.93. The number of benzene rings is 6. The van der Waals surface area contributed by atoms with E-state index in [4.69, 9.17) is 4.98 Å². The monoisotopic (exact) mass is 479 g/mol. The van der Waals surface area contributed by atoms with E-state index >= 15 is 0 Å². The predicted octanol–water partition coefficient (Wildman–Crippen LogP) is 9.31. The minimum absolute atomic E-state index is 0.245. The topological polar surface area (TPSA) is 33.1 Å². The lowest BCUT2D eigenvalue weighted by molar-refractivity contribution is 0.477. The third-order valence-corrected chi connectivity index (χ3v) is 7.96. The van der Waals surface area contributed by atoms with Gasteiger partial charge in [0.05, 0.1) is 15.8 Å². The fraction of sp³-hybridized carbons (Fsp3) is 0. The molecule has 7 aromatic rings. The van der Waals surface area contributed by atoms with Gasteiger partial charge in [-0.25, -0.2) is 4.98 Å². The largest absolute Gasteiger partial charge is 0.507 e. The number of phenolic OH excluding ortho intramolecular Hbond substituents is 1. The van der Waals surface area contributed by atoms with Crippen molar-refractivity contribution in [1.82, 2.24) is 4.98 Å². The van der Waals surface area contributed by atoms with E-state index in [1.165, 1.54) is 27.1 Å². The first-order valence-corrected chi connectivity index (χ1v) is 12.8. The first-order chi connectivity index (χ1) is 17.8. The Kier molecular flexibility index (Phi) is 4.83. The molecule has 0 saturated carbocycles. The summed E-state index contributed by atoms with van der Waals surface area (Å²) in [5, 5.41) is 16.3. The number of fused-ring (bicyclic) bond motifs is 3. The lowest BCUT2D eigenvalue weighted by Gasteiger charge is -2.12. The van der Waals surface area contributed by atoms with Crippen LogP contribution in [0, 0.1) is 0 Å². The second-order valence-corrected chi connectivity index (χ2v) is 9.93. The van der Waals surface area contributed by atoms with Crippen LogP contribution < -0.4 is 0 Å². The molecule has 0 aliphatic heterocycles. The van der Waals surface area contributed by atoms with Gasteiger partial charge in [-0.15, -0.1) is 11.3 Å². The van der Waals surface area contributed by atoms with Gasteiger partial charge < -0.3 is 5.11 Å². The summed E-state index contributed by atoms with van der Waals surface area (Å²) in [6.07, 6.45) is 0. The Morgan fingerprint density at radius 2 is 1.00 bits per heavy atom.